The molecule has 1 saturated carbocycles. The summed E-state index contributed by atoms with van der Waals surface area (Å²) >= 11 is 0. The van der Waals surface area contributed by atoms with Crippen LogP contribution in [0.1, 0.15) is 66.7 Å². The molecular formula is C18H32O3. The number of ether oxygens (including phenoxy) is 2. The molecule has 1 aliphatic heterocycles. The summed E-state index contributed by atoms with van der Waals surface area (Å²) in [7, 11) is 0. The number of carbonyl (C=O) groups excluding carboxylic acids is 1. The first-order chi connectivity index (χ1) is 9.92. The first-order valence-corrected chi connectivity index (χ1v) is 8.77. The monoisotopic (exact) mass is 296 g/mol. The second-order valence-corrected chi connectivity index (χ2v) is 7.61. The second kappa shape index (κ2) is 7.13. The fourth-order valence-corrected chi connectivity index (χ4v) is 3.90. The Hall–Kier alpha value is -0.570. The average molecular weight is 296 g/mol. The Balaban J connectivity index is 2.04. The van der Waals surface area contributed by atoms with Crippen LogP contribution in [0.2, 0.25) is 0 Å². The van der Waals surface area contributed by atoms with Gasteiger partial charge in [0.2, 0.25) is 6.29 Å². The molecule has 0 aromatic heterocycles. The normalized spacial score (nSPS) is 38.6. The van der Waals surface area contributed by atoms with Crippen LogP contribution in [0.25, 0.3) is 0 Å². The van der Waals surface area contributed by atoms with Crippen molar-refractivity contribution < 1.29 is 14.3 Å². The van der Waals surface area contributed by atoms with Gasteiger partial charge in [-0.2, -0.15) is 0 Å². The van der Waals surface area contributed by atoms with E-state index in [9.17, 15) is 4.79 Å². The molecule has 0 spiro atoms. The van der Waals surface area contributed by atoms with E-state index >= 15 is 0 Å². The summed E-state index contributed by atoms with van der Waals surface area (Å²) in [4.78, 5) is 11.7. The van der Waals surface area contributed by atoms with E-state index in [1.807, 2.05) is 0 Å². The maximum absolute atomic E-state index is 11.7. The molecule has 0 radical (unpaired) electrons. The van der Waals surface area contributed by atoms with Crippen molar-refractivity contribution in [2.75, 3.05) is 0 Å². The van der Waals surface area contributed by atoms with Gasteiger partial charge in [-0.05, 0) is 36.5 Å². The van der Waals surface area contributed by atoms with Crippen LogP contribution in [0, 0.1) is 29.6 Å². The SMILES string of the molecule is CCC(C)[C@H]1CC(=O)O[C@H]1O[C@@H]1C[C@H](C)CC[C@H]1C(C)C. The number of carbonyl (C=O) groups is 1. The number of hydrogen-bond acceptors (Lipinski definition) is 3. The minimum absolute atomic E-state index is 0.0877. The number of cyclic esters (lactones) is 1. The first-order valence-electron chi connectivity index (χ1n) is 8.77. The van der Waals surface area contributed by atoms with Crippen LogP contribution in [-0.4, -0.2) is 18.4 Å². The van der Waals surface area contributed by atoms with Crippen LogP contribution in [0.15, 0.2) is 0 Å². The zero-order valence-corrected chi connectivity index (χ0v) is 14.3. The van der Waals surface area contributed by atoms with Crippen LogP contribution in [0.4, 0.5) is 0 Å². The molecular weight excluding hydrogens is 264 g/mol. The van der Waals surface area contributed by atoms with Gasteiger partial charge in [-0.15, -0.1) is 0 Å². The molecule has 2 rings (SSSR count). The van der Waals surface area contributed by atoms with Crippen LogP contribution in [0.5, 0.6) is 0 Å². The fourth-order valence-electron chi connectivity index (χ4n) is 3.90. The van der Waals surface area contributed by atoms with Crippen LogP contribution in [0.3, 0.4) is 0 Å². The van der Waals surface area contributed by atoms with E-state index < -0.39 is 0 Å². The van der Waals surface area contributed by atoms with Gasteiger partial charge in [0.15, 0.2) is 0 Å². The van der Waals surface area contributed by atoms with Crippen molar-refractivity contribution in [2.45, 2.75) is 79.1 Å². The van der Waals surface area contributed by atoms with Crippen molar-refractivity contribution in [1.29, 1.82) is 0 Å². The van der Waals surface area contributed by atoms with Crippen molar-refractivity contribution in [3.05, 3.63) is 0 Å². The molecule has 2 aliphatic rings. The largest absolute Gasteiger partial charge is 0.435 e. The van der Waals surface area contributed by atoms with E-state index in [1.54, 1.807) is 0 Å². The minimum Gasteiger partial charge on any atom is -0.435 e. The van der Waals surface area contributed by atoms with Gasteiger partial charge in [0.25, 0.3) is 0 Å². The molecule has 0 N–H and O–H groups in total. The summed E-state index contributed by atoms with van der Waals surface area (Å²) in [6, 6.07) is 0. The van der Waals surface area contributed by atoms with Crippen molar-refractivity contribution in [1.82, 2.24) is 0 Å². The van der Waals surface area contributed by atoms with E-state index in [-0.39, 0.29) is 24.3 Å². The van der Waals surface area contributed by atoms with Gasteiger partial charge in [-0.3, -0.25) is 4.79 Å². The molecule has 1 unspecified atom stereocenters. The number of esters is 1. The number of hydrogen-bond donors (Lipinski definition) is 0. The van der Waals surface area contributed by atoms with E-state index in [0.29, 0.717) is 30.1 Å². The maximum Gasteiger partial charge on any atom is 0.308 e. The Morgan fingerprint density at radius 3 is 2.57 bits per heavy atom. The highest BCUT2D eigenvalue weighted by Gasteiger charge is 2.42. The lowest BCUT2D eigenvalue weighted by Gasteiger charge is -2.39. The minimum atomic E-state index is -0.316. The Morgan fingerprint density at radius 1 is 1.24 bits per heavy atom. The Kier molecular flexibility index (Phi) is 5.70. The van der Waals surface area contributed by atoms with Crippen LogP contribution in [-0.2, 0) is 14.3 Å². The quantitative estimate of drug-likeness (QED) is 0.705. The molecule has 21 heavy (non-hydrogen) atoms. The molecule has 3 heteroatoms. The fraction of sp³-hybridized carbons (Fsp3) is 0.944. The molecule has 2 fully saturated rings. The number of rotatable bonds is 5. The van der Waals surface area contributed by atoms with Gasteiger partial charge < -0.3 is 9.47 Å². The highest BCUT2D eigenvalue weighted by Crippen LogP contribution is 2.39. The van der Waals surface area contributed by atoms with E-state index in [2.05, 4.69) is 34.6 Å². The molecule has 0 amide bonds. The molecule has 6 atom stereocenters. The molecule has 0 bridgehead atoms. The summed E-state index contributed by atoms with van der Waals surface area (Å²) in [6.07, 6.45) is 5.15. The summed E-state index contributed by atoms with van der Waals surface area (Å²) in [5.74, 6) is 2.55. The Morgan fingerprint density at radius 2 is 1.95 bits per heavy atom. The molecule has 0 aromatic rings. The summed E-state index contributed by atoms with van der Waals surface area (Å²) in [5.41, 5.74) is 0. The van der Waals surface area contributed by atoms with Crippen molar-refractivity contribution in [3.63, 3.8) is 0 Å². The zero-order valence-electron chi connectivity index (χ0n) is 14.3. The van der Waals surface area contributed by atoms with Gasteiger partial charge in [-0.25, -0.2) is 0 Å². The predicted octanol–water partition coefficient (Wildman–Crippen LogP) is 4.40. The topological polar surface area (TPSA) is 35.5 Å². The standard InChI is InChI=1S/C18H32O3/c1-6-13(5)15-10-17(19)21-18(15)20-16-9-12(4)7-8-14(16)11(2)3/h11-16,18H,6-10H2,1-5H3/t12-,13?,14+,15-,16-,18-/m1/s1. The summed E-state index contributed by atoms with van der Waals surface area (Å²) in [5, 5.41) is 0. The van der Waals surface area contributed by atoms with Crippen molar-refractivity contribution in [3.8, 4) is 0 Å². The summed E-state index contributed by atoms with van der Waals surface area (Å²) < 4.78 is 11.9. The smallest absolute Gasteiger partial charge is 0.308 e. The highest BCUT2D eigenvalue weighted by molar-refractivity contribution is 5.71. The van der Waals surface area contributed by atoms with Crippen LogP contribution >= 0.6 is 0 Å². The van der Waals surface area contributed by atoms with Crippen molar-refractivity contribution >= 4 is 5.97 Å². The highest BCUT2D eigenvalue weighted by atomic mass is 16.7. The molecule has 0 aromatic carbocycles. The lowest BCUT2D eigenvalue weighted by molar-refractivity contribution is -0.199. The van der Waals surface area contributed by atoms with Gasteiger partial charge in [0.1, 0.15) is 0 Å². The molecule has 1 heterocycles. The molecule has 1 aliphatic carbocycles. The Labute approximate surface area is 129 Å². The molecule has 122 valence electrons. The van der Waals surface area contributed by atoms with Gasteiger partial charge in [0, 0.05) is 5.92 Å². The zero-order chi connectivity index (χ0) is 15.6. The maximum atomic E-state index is 11.7. The van der Waals surface area contributed by atoms with Gasteiger partial charge in [-0.1, -0.05) is 47.5 Å². The lowest BCUT2D eigenvalue weighted by Crippen LogP contribution is -2.39. The van der Waals surface area contributed by atoms with E-state index in [4.69, 9.17) is 9.47 Å². The third-order valence-corrected chi connectivity index (χ3v) is 5.64. The first kappa shape index (κ1) is 16.8. The lowest BCUT2D eigenvalue weighted by atomic mass is 9.75. The van der Waals surface area contributed by atoms with Crippen LogP contribution < -0.4 is 0 Å². The third kappa shape index (κ3) is 4.00. The molecule has 3 nitrogen and oxygen atoms in total. The average Bonchev–Trinajstić information content (AvgIpc) is 2.78. The van der Waals surface area contributed by atoms with Crippen molar-refractivity contribution in [2.24, 2.45) is 29.6 Å². The predicted molar refractivity (Wildman–Crippen MR) is 83.7 cm³/mol. The molecule has 1 saturated heterocycles. The van der Waals surface area contributed by atoms with E-state index in [0.717, 1.165) is 12.8 Å². The summed E-state index contributed by atoms with van der Waals surface area (Å²) in [6.45, 7) is 11.2. The van der Waals surface area contributed by atoms with Gasteiger partial charge in [0.05, 0.1) is 12.5 Å². The third-order valence-electron chi connectivity index (χ3n) is 5.64. The second-order valence-electron chi connectivity index (χ2n) is 7.61. The Bertz CT molecular complexity index is 352. The van der Waals surface area contributed by atoms with Gasteiger partial charge >= 0.3 is 5.97 Å². The van der Waals surface area contributed by atoms with E-state index in [1.165, 1.54) is 12.8 Å².